The van der Waals surface area contributed by atoms with Gasteiger partial charge in [-0.2, -0.15) is 0 Å². The first kappa shape index (κ1) is 11.5. The summed E-state index contributed by atoms with van der Waals surface area (Å²) in [6, 6.07) is 0. The highest BCUT2D eigenvalue weighted by atomic mass is 14.7. The van der Waals surface area contributed by atoms with E-state index < -0.39 is 0 Å². The second kappa shape index (κ2) is 6.05. The molecule has 0 bridgehead atoms. The topological polar surface area (TPSA) is 13.1 Å². The van der Waals surface area contributed by atoms with Crippen LogP contribution in [0.1, 0.15) is 19.3 Å². The van der Waals surface area contributed by atoms with Crippen LogP contribution >= 0.6 is 0 Å². The van der Waals surface area contributed by atoms with Gasteiger partial charge in [0.05, 0.1) is 0 Å². The average molecular weight is 201 g/mol. The van der Waals surface area contributed by atoms with E-state index in [0.717, 1.165) is 19.3 Å². The molecule has 1 rings (SSSR count). The highest BCUT2D eigenvalue weighted by molar-refractivity contribution is 4.88. The van der Waals surface area contributed by atoms with E-state index in [-0.39, 0.29) is 0 Å². The Labute approximate surface area is 91.6 Å². The van der Waals surface area contributed by atoms with Crippen molar-refractivity contribution >= 4 is 0 Å². The Morgan fingerprint density at radius 2 is 0.933 bits per heavy atom. The van der Waals surface area contributed by atoms with Crippen molar-refractivity contribution in [1.29, 1.82) is 0 Å². The third-order valence-electron chi connectivity index (χ3n) is 3.05. The molecule has 3 heteroatoms. The number of nitrogens with zero attached hydrogens (tertiary/aromatic N) is 3. The molecule has 1 aliphatic carbocycles. The Balaban J connectivity index is 2.54. The smallest absolute Gasteiger partial charge is 0.217 e. The minimum absolute atomic E-state index is 0.426. The van der Waals surface area contributed by atoms with Crippen LogP contribution in [0.3, 0.4) is 0 Å². The van der Waals surface area contributed by atoms with E-state index >= 15 is 0 Å². The zero-order valence-corrected chi connectivity index (χ0v) is 8.82. The summed E-state index contributed by atoms with van der Waals surface area (Å²) in [6.07, 6.45) is 3.04. The van der Waals surface area contributed by atoms with Crippen LogP contribution in [0.25, 0.3) is 14.5 Å². The molecule has 15 heavy (non-hydrogen) atoms. The maximum atomic E-state index is 6.88. The van der Waals surface area contributed by atoms with E-state index in [1.54, 1.807) is 0 Å². The average Bonchev–Trinajstić information content (AvgIpc) is 2.19. The highest BCUT2D eigenvalue weighted by Gasteiger charge is 2.33. The summed E-state index contributed by atoms with van der Waals surface area (Å²) < 4.78 is 0. The van der Waals surface area contributed by atoms with Crippen molar-refractivity contribution in [1.82, 2.24) is 0 Å². The summed E-state index contributed by atoms with van der Waals surface area (Å²) in [5.74, 6) is 1.28. The predicted octanol–water partition coefficient (Wildman–Crippen LogP) is 2.78. The van der Waals surface area contributed by atoms with E-state index in [1.807, 2.05) is 0 Å². The van der Waals surface area contributed by atoms with Crippen molar-refractivity contribution in [2.75, 3.05) is 19.6 Å². The molecule has 0 aromatic heterocycles. The van der Waals surface area contributed by atoms with Gasteiger partial charge in [-0.25, -0.2) is 19.7 Å². The van der Waals surface area contributed by atoms with E-state index in [4.69, 9.17) is 19.7 Å². The molecule has 0 saturated heterocycles. The van der Waals surface area contributed by atoms with Gasteiger partial charge in [-0.1, -0.05) is 0 Å². The lowest BCUT2D eigenvalue weighted by atomic mass is 9.75. The van der Waals surface area contributed by atoms with Crippen LogP contribution in [0.15, 0.2) is 0 Å². The molecular formula is C12H15N3. The first-order valence-electron chi connectivity index (χ1n) is 5.29. The molecule has 3 nitrogen and oxygen atoms in total. The van der Waals surface area contributed by atoms with Crippen LogP contribution in [-0.2, 0) is 0 Å². The quantitative estimate of drug-likeness (QED) is 0.623. The van der Waals surface area contributed by atoms with E-state index in [0.29, 0.717) is 37.4 Å². The first-order chi connectivity index (χ1) is 7.30. The van der Waals surface area contributed by atoms with Gasteiger partial charge in [-0.15, -0.1) is 0 Å². The maximum Gasteiger partial charge on any atom is 0.217 e. The molecule has 0 radical (unpaired) electrons. The SMILES string of the molecule is [C-]#[N+]CC1CC(C[N+]#[C-])CC(C[N+]#[C-])C1. The van der Waals surface area contributed by atoms with Crippen LogP contribution in [0.4, 0.5) is 0 Å². The van der Waals surface area contributed by atoms with Crippen LogP contribution in [0.5, 0.6) is 0 Å². The molecule has 0 aromatic rings. The van der Waals surface area contributed by atoms with Gasteiger partial charge >= 0.3 is 0 Å². The van der Waals surface area contributed by atoms with Gasteiger partial charge in [0, 0.05) is 17.8 Å². The van der Waals surface area contributed by atoms with Crippen molar-refractivity contribution in [3.05, 3.63) is 34.3 Å². The molecule has 0 N–H and O–H groups in total. The van der Waals surface area contributed by atoms with Gasteiger partial charge in [0.15, 0.2) is 0 Å². The molecular weight excluding hydrogens is 186 g/mol. The molecule has 0 heterocycles. The summed E-state index contributed by atoms with van der Waals surface area (Å²) >= 11 is 0. The number of rotatable bonds is 3. The summed E-state index contributed by atoms with van der Waals surface area (Å²) in [5.41, 5.74) is 0. The highest BCUT2D eigenvalue weighted by Crippen LogP contribution is 2.34. The molecule has 1 aliphatic rings. The Morgan fingerprint density at radius 1 is 0.667 bits per heavy atom. The summed E-state index contributed by atoms with van der Waals surface area (Å²) in [6.45, 7) is 22.4. The number of hydrogen-bond donors (Lipinski definition) is 0. The maximum absolute atomic E-state index is 6.88. The van der Waals surface area contributed by atoms with Crippen LogP contribution in [-0.4, -0.2) is 19.6 Å². The normalized spacial score (nSPS) is 29.8. The Kier molecular flexibility index (Phi) is 4.65. The van der Waals surface area contributed by atoms with E-state index in [9.17, 15) is 0 Å². The van der Waals surface area contributed by atoms with Gasteiger partial charge in [0.1, 0.15) is 0 Å². The summed E-state index contributed by atoms with van der Waals surface area (Å²) in [5, 5.41) is 0. The lowest BCUT2D eigenvalue weighted by molar-refractivity contribution is 0.225. The standard InChI is InChI=1S/C12H15N3/c1-13-7-10-4-11(8-14-2)6-12(5-10)9-15-3/h10-12H,4-9H2. The zero-order chi connectivity index (χ0) is 11.1. The molecule has 0 unspecified atom stereocenters. The van der Waals surface area contributed by atoms with Gasteiger partial charge < -0.3 is 14.5 Å². The Hall–Kier alpha value is -1.53. The van der Waals surface area contributed by atoms with Crippen molar-refractivity contribution in [2.24, 2.45) is 17.8 Å². The van der Waals surface area contributed by atoms with Crippen molar-refractivity contribution in [3.63, 3.8) is 0 Å². The molecule has 0 atom stereocenters. The van der Waals surface area contributed by atoms with Gasteiger partial charge in [0.25, 0.3) is 0 Å². The fourth-order valence-corrected chi connectivity index (χ4v) is 2.54. The second-order valence-electron chi connectivity index (χ2n) is 4.33. The fraction of sp³-hybridized carbons (Fsp3) is 0.750. The summed E-state index contributed by atoms with van der Waals surface area (Å²) in [7, 11) is 0. The molecule has 78 valence electrons. The molecule has 0 amide bonds. The van der Waals surface area contributed by atoms with Crippen molar-refractivity contribution in [2.45, 2.75) is 19.3 Å². The molecule has 1 saturated carbocycles. The molecule has 0 aromatic carbocycles. The Bertz CT molecular complexity index is 257. The summed E-state index contributed by atoms with van der Waals surface area (Å²) in [4.78, 5) is 10.3. The van der Waals surface area contributed by atoms with Crippen molar-refractivity contribution in [3.8, 4) is 0 Å². The first-order valence-corrected chi connectivity index (χ1v) is 5.29. The molecule has 0 spiro atoms. The molecule has 0 aliphatic heterocycles. The second-order valence-corrected chi connectivity index (χ2v) is 4.33. The van der Waals surface area contributed by atoms with Gasteiger partial charge in [0.2, 0.25) is 19.6 Å². The third kappa shape index (κ3) is 3.61. The molecule has 1 fully saturated rings. The lowest BCUT2D eigenvalue weighted by Gasteiger charge is -2.27. The minimum Gasteiger partial charge on any atom is -0.317 e. The fourth-order valence-electron chi connectivity index (χ4n) is 2.54. The lowest BCUT2D eigenvalue weighted by Crippen LogP contribution is -2.26. The van der Waals surface area contributed by atoms with E-state index in [1.165, 1.54) is 0 Å². The van der Waals surface area contributed by atoms with Crippen molar-refractivity contribution < 1.29 is 0 Å². The Morgan fingerprint density at radius 3 is 1.13 bits per heavy atom. The van der Waals surface area contributed by atoms with Crippen LogP contribution in [0, 0.1) is 37.5 Å². The number of hydrogen-bond acceptors (Lipinski definition) is 0. The van der Waals surface area contributed by atoms with Gasteiger partial charge in [-0.3, -0.25) is 0 Å². The predicted molar refractivity (Wildman–Crippen MR) is 58.7 cm³/mol. The van der Waals surface area contributed by atoms with Crippen LogP contribution < -0.4 is 0 Å². The monoisotopic (exact) mass is 201 g/mol. The largest absolute Gasteiger partial charge is 0.317 e. The zero-order valence-electron chi connectivity index (χ0n) is 8.82. The third-order valence-corrected chi connectivity index (χ3v) is 3.05. The minimum atomic E-state index is 0.426. The van der Waals surface area contributed by atoms with E-state index in [2.05, 4.69) is 14.5 Å². The van der Waals surface area contributed by atoms with Gasteiger partial charge in [-0.05, 0) is 19.3 Å². The van der Waals surface area contributed by atoms with Crippen LogP contribution in [0.2, 0.25) is 0 Å².